The van der Waals surface area contributed by atoms with Gasteiger partial charge in [0.1, 0.15) is 0 Å². The SMILES string of the molecule is CN(C)c1ccc(CCNC(=O)NCCC(N)=O)cc1. The first-order valence-electron chi connectivity index (χ1n) is 6.55. The van der Waals surface area contributed by atoms with Gasteiger partial charge >= 0.3 is 6.03 Å². The number of carbonyl (C=O) groups excluding carboxylic acids is 2. The molecule has 0 aromatic heterocycles. The minimum atomic E-state index is -0.425. The molecule has 110 valence electrons. The van der Waals surface area contributed by atoms with Crippen molar-refractivity contribution in [3.8, 4) is 0 Å². The van der Waals surface area contributed by atoms with Crippen LogP contribution in [0.3, 0.4) is 0 Å². The highest BCUT2D eigenvalue weighted by atomic mass is 16.2. The first-order chi connectivity index (χ1) is 9.49. The van der Waals surface area contributed by atoms with Gasteiger partial charge in [-0.15, -0.1) is 0 Å². The summed E-state index contributed by atoms with van der Waals surface area (Å²) >= 11 is 0. The Kier molecular flexibility index (Phi) is 6.36. The maximum atomic E-state index is 11.4. The average Bonchev–Trinajstić information content (AvgIpc) is 2.39. The molecule has 3 amide bonds. The van der Waals surface area contributed by atoms with Crippen molar-refractivity contribution in [2.45, 2.75) is 12.8 Å². The van der Waals surface area contributed by atoms with E-state index in [0.717, 1.165) is 17.7 Å². The summed E-state index contributed by atoms with van der Waals surface area (Å²) in [6, 6.07) is 7.89. The van der Waals surface area contributed by atoms with Crippen molar-refractivity contribution >= 4 is 17.6 Å². The molecule has 1 aromatic carbocycles. The third-order valence-electron chi connectivity index (χ3n) is 2.81. The van der Waals surface area contributed by atoms with E-state index in [1.807, 2.05) is 43.3 Å². The lowest BCUT2D eigenvalue weighted by Crippen LogP contribution is -2.38. The molecular weight excluding hydrogens is 256 g/mol. The Morgan fingerprint density at radius 3 is 2.25 bits per heavy atom. The second-order valence-corrected chi connectivity index (χ2v) is 4.71. The second-order valence-electron chi connectivity index (χ2n) is 4.71. The molecule has 0 aliphatic carbocycles. The number of nitrogens with zero attached hydrogens (tertiary/aromatic N) is 1. The molecule has 1 rings (SSSR count). The Labute approximate surface area is 119 Å². The summed E-state index contributed by atoms with van der Waals surface area (Å²) in [5.41, 5.74) is 7.28. The molecule has 4 N–H and O–H groups in total. The van der Waals surface area contributed by atoms with Gasteiger partial charge in [0, 0.05) is 39.3 Å². The Morgan fingerprint density at radius 2 is 1.70 bits per heavy atom. The largest absolute Gasteiger partial charge is 0.378 e. The molecule has 0 heterocycles. The third kappa shape index (κ3) is 6.08. The van der Waals surface area contributed by atoms with E-state index in [9.17, 15) is 9.59 Å². The number of carbonyl (C=O) groups is 2. The van der Waals surface area contributed by atoms with Gasteiger partial charge in [0.25, 0.3) is 0 Å². The molecule has 6 nitrogen and oxygen atoms in total. The van der Waals surface area contributed by atoms with E-state index in [0.29, 0.717) is 6.54 Å². The van der Waals surface area contributed by atoms with Gasteiger partial charge in [-0.05, 0) is 24.1 Å². The summed E-state index contributed by atoms with van der Waals surface area (Å²) in [5, 5.41) is 5.30. The second kappa shape index (κ2) is 8.04. The van der Waals surface area contributed by atoms with Gasteiger partial charge in [0.15, 0.2) is 0 Å². The summed E-state index contributed by atoms with van der Waals surface area (Å²) in [6.07, 6.45) is 0.913. The molecule has 0 spiro atoms. The van der Waals surface area contributed by atoms with Gasteiger partial charge < -0.3 is 21.3 Å². The Morgan fingerprint density at radius 1 is 1.10 bits per heavy atom. The number of anilines is 1. The molecule has 0 bridgehead atoms. The van der Waals surface area contributed by atoms with Crippen LogP contribution in [-0.4, -0.2) is 39.1 Å². The lowest BCUT2D eigenvalue weighted by molar-refractivity contribution is -0.117. The fourth-order valence-electron chi connectivity index (χ4n) is 1.64. The number of primary amides is 1. The van der Waals surface area contributed by atoms with Crippen LogP contribution in [0, 0.1) is 0 Å². The Balaban J connectivity index is 2.23. The van der Waals surface area contributed by atoms with Gasteiger partial charge in [-0.25, -0.2) is 4.79 Å². The zero-order chi connectivity index (χ0) is 15.0. The molecule has 0 unspecified atom stereocenters. The van der Waals surface area contributed by atoms with Crippen molar-refractivity contribution in [1.29, 1.82) is 0 Å². The molecular formula is C14H22N4O2. The summed E-state index contributed by atoms with van der Waals surface area (Å²) in [7, 11) is 3.99. The van der Waals surface area contributed by atoms with Crippen molar-refractivity contribution in [3.63, 3.8) is 0 Å². The highest BCUT2D eigenvalue weighted by Crippen LogP contribution is 2.12. The molecule has 0 atom stereocenters. The summed E-state index contributed by atoms with van der Waals surface area (Å²) in [4.78, 5) is 23.9. The van der Waals surface area contributed by atoms with Gasteiger partial charge in [-0.1, -0.05) is 12.1 Å². The number of amides is 3. The molecule has 0 saturated carbocycles. The van der Waals surface area contributed by atoms with E-state index >= 15 is 0 Å². The normalized spacial score (nSPS) is 9.90. The van der Waals surface area contributed by atoms with E-state index in [-0.39, 0.29) is 19.0 Å². The van der Waals surface area contributed by atoms with E-state index in [2.05, 4.69) is 10.6 Å². The van der Waals surface area contributed by atoms with Crippen LogP contribution in [0.15, 0.2) is 24.3 Å². The molecule has 0 aliphatic heterocycles. The Hall–Kier alpha value is -2.24. The minimum Gasteiger partial charge on any atom is -0.378 e. The van der Waals surface area contributed by atoms with Crippen LogP contribution in [0.4, 0.5) is 10.5 Å². The van der Waals surface area contributed by atoms with E-state index in [1.165, 1.54) is 0 Å². The quantitative estimate of drug-likeness (QED) is 0.677. The predicted octanol–water partition coefficient (Wildman–Crippen LogP) is 0.470. The number of benzene rings is 1. The number of hydrogen-bond donors (Lipinski definition) is 3. The van der Waals surface area contributed by atoms with Gasteiger partial charge in [0.05, 0.1) is 0 Å². The van der Waals surface area contributed by atoms with Gasteiger partial charge in [0.2, 0.25) is 5.91 Å². The number of urea groups is 1. The molecule has 1 aromatic rings. The molecule has 6 heteroatoms. The molecule has 0 aliphatic rings. The molecule has 20 heavy (non-hydrogen) atoms. The van der Waals surface area contributed by atoms with Crippen LogP contribution >= 0.6 is 0 Å². The van der Waals surface area contributed by atoms with Crippen molar-refractivity contribution in [2.24, 2.45) is 5.73 Å². The van der Waals surface area contributed by atoms with Crippen LogP contribution in [-0.2, 0) is 11.2 Å². The maximum absolute atomic E-state index is 11.4. The highest BCUT2D eigenvalue weighted by molar-refractivity contribution is 5.76. The van der Waals surface area contributed by atoms with Gasteiger partial charge in [-0.3, -0.25) is 4.79 Å². The standard InChI is InChI=1S/C14H22N4O2/c1-18(2)12-5-3-11(4-6-12)7-9-16-14(20)17-10-8-13(15)19/h3-6H,7-10H2,1-2H3,(H2,15,19)(H2,16,17,20). The zero-order valence-electron chi connectivity index (χ0n) is 12.0. The van der Waals surface area contributed by atoms with Crippen molar-refractivity contribution in [3.05, 3.63) is 29.8 Å². The first-order valence-corrected chi connectivity index (χ1v) is 6.55. The summed E-state index contributed by atoms with van der Waals surface area (Å²) < 4.78 is 0. The fourth-order valence-corrected chi connectivity index (χ4v) is 1.64. The summed E-state index contributed by atoms with van der Waals surface area (Å²) in [6.45, 7) is 0.808. The topological polar surface area (TPSA) is 87.5 Å². The lowest BCUT2D eigenvalue weighted by Gasteiger charge is -2.12. The molecule has 0 saturated heterocycles. The van der Waals surface area contributed by atoms with Gasteiger partial charge in [-0.2, -0.15) is 0 Å². The number of nitrogens with one attached hydrogen (secondary N) is 2. The van der Waals surface area contributed by atoms with Crippen LogP contribution < -0.4 is 21.3 Å². The zero-order valence-corrected chi connectivity index (χ0v) is 12.0. The first kappa shape index (κ1) is 15.8. The van der Waals surface area contributed by atoms with E-state index in [4.69, 9.17) is 5.73 Å². The number of hydrogen-bond acceptors (Lipinski definition) is 3. The van der Waals surface area contributed by atoms with E-state index in [1.54, 1.807) is 0 Å². The van der Waals surface area contributed by atoms with Crippen molar-refractivity contribution in [2.75, 3.05) is 32.1 Å². The number of rotatable bonds is 7. The van der Waals surface area contributed by atoms with Crippen LogP contribution in [0.25, 0.3) is 0 Å². The smallest absolute Gasteiger partial charge is 0.314 e. The molecule has 0 radical (unpaired) electrons. The lowest BCUT2D eigenvalue weighted by atomic mass is 10.1. The molecule has 0 fully saturated rings. The van der Waals surface area contributed by atoms with E-state index < -0.39 is 5.91 Å². The van der Waals surface area contributed by atoms with Crippen molar-refractivity contribution in [1.82, 2.24) is 10.6 Å². The number of nitrogens with two attached hydrogens (primary N) is 1. The van der Waals surface area contributed by atoms with Crippen LogP contribution in [0.1, 0.15) is 12.0 Å². The van der Waals surface area contributed by atoms with Crippen LogP contribution in [0.5, 0.6) is 0 Å². The average molecular weight is 278 g/mol. The minimum absolute atomic E-state index is 0.152. The van der Waals surface area contributed by atoms with Crippen LogP contribution in [0.2, 0.25) is 0 Å². The maximum Gasteiger partial charge on any atom is 0.314 e. The monoisotopic (exact) mass is 278 g/mol. The fraction of sp³-hybridized carbons (Fsp3) is 0.429. The summed E-state index contributed by atoms with van der Waals surface area (Å²) in [5.74, 6) is -0.425. The highest BCUT2D eigenvalue weighted by Gasteiger charge is 2.01. The van der Waals surface area contributed by atoms with Crippen molar-refractivity contribution < 1.29 is 9.59 Å². The third-order valence-corrected chi connectivity index (χ3v) is 2.81. The predicted molar refractivity (Wildman–Crippen MR) is 79.7 cm³/mol. The Bertz CT molecular complexity index is 443.